The highest BCUT2D eigenvalue weighted by Crippen LogP contribution is 2.67. The number of hydrogen-bond donors (Lipinski definition) is 1. The van der Waals surface area contributed by atoms with Gasteiger partial charge in [0.2, 0.25) is 0 Å². The number of thiophene rings is 1. The average Bonchev–Trinajstić information content (AvgIpc) is 3.35. The summed E-state index contributed by atoms with van der Waals surface area (Å²) in [5.74, 6) is -0.158. The summed E-state index contributed by atoms with van der Waals surface area (Å²) in [6, 6.07) is 4.19. The highest BCUT2D eigenvalue weighted by molar-refractivity contribution is 8.10. The molecular formula is C21H26O3S2. The van der Waals surface area contributed by atoms with E-state index in [0.29, 0.717) is 12.8 Å². The second-order valence-corrected chi connectivity index (χ2v) is 10.7. The summed E-state index contributed by atoms with van der Waals surface area (Å²) in [6.07, 6.45) is 12.2. The molecule has 2 aliphatic carbocycles. The van der Waals surface area contributed by atoms with Crippen molar-refractivity contribution in [1.82, 2.24) is 0 Å². The molecule has 1 spiro atoms. The third-order valence-corrected chi connectivity index (χ3v) is 9.76. The van der Waals surface area contributed by atoms with Crippen LogP contribution in [0.2, 0.25) is 0 Å². The second-order valence-electron chi connectivity index (χ2n) is 8.43. The zero-order valence-electron chi connectivity index (χ0n) is 15.0. The Labute approximate surface area is 163 Å². The molecule has 1 aromatic rings. The third-order valence-electron chi connectivity index (χ3n) is 7.03. The maximum absolute atomic E-state index is 13.4. The number of esters is 1. The Kier molecular flexibility index (Phi) is 4.07. The van der Waals surface area contributed by atoms with Crippen LogP contribution in [0.15, 0.2) is 23.6 Å². The Bertz CT molecular complexity index is 726. The van der Waals surface area contributed by atoms with Crippen molar-refractivity contribution in [2.75, 3.05) is 0 Å². The van der Waals surface area contributed by atoms with Crippen molar-refractivity contribution in [2.24, 2.45) is 5.92 Å². The molecule has 2 aliphatic heterocycles. The van der Waals surface area contributed by atoms with Crippen molar-refractivity contribution < 1.29 is 14.6 Å². The number of ether oxygens (including phenoxy) is 1. The maximum atomic E-state index is 13.4. The zero-order chi connectivity index (χ0) is 17.8. The molecule has 3 fully saturated rings. The molecule has 2 atom stereocenters. The van der Waals surface area contributed by atoms with Crippen molar-refractivity contribution in [2.45, 2.75) is 80.2 Å². The van der Waals surface area contributed by atoms with Crippen molar-refractivity contribution in [3.8, 4) is 0 Å². The minimum absolute atomic E-state index is 0.00648. The summed E-state index contributed by atoms with van der Waals surface area (Å²) in [5, 5.41) is 13.9. The molecule has 5 rings (SSSR count). The molecule has 26 heavy (non-hydrogen) atoms. The summed E-state index contributed by atoms with van der Waals surface area (Å²) in [5.41, 5.74) is -1.34. The van der Waals surface area contributed by atoms with Gasteiger partial charge in [-0.3, -0.25) is 4.79 Å². The van der Waals surface area contributed by atoms with Crippen molar-refractivity contribution in [3.63, 3.8) is 0 Å². The Hall–Kier alpha value is -0.780. The van der Waals surface area contributed by atoms with Crippen LogP contribution < -0.4 is 0 Å². The lowest BCUT2D eigenvalue weighted by Crippen LogP contribution is -2.59. The van der Waals surface area contributed by atoms with Crippen LogP contribution in [0.4, 0.5) is 0 Å². The van der Waals surface area contributed by atoms with Gasteiger partial charge in [-0.2, -0.15) is 0 Å². The van der Waals surface area contributed by atoms with Gasteiger partial charge < -0.3 is 9.84 Å². The first-order chi connectivity index (χ1) is 12.6. The molecule has 1 N–H and O–H groups in total. The fourth-order valence-electron chi connectivity index (χ4n) is 5.75. The number of aliphatic hydroxyl groups is 1. The molecule has 140 valence electrons. The normalized spacial score (nSPS) is 35.2. The summed E-state index contributed by atoms with van der Waals surface area (Å²) < 4.78 is 5.34. The fourth-order valence-corrected chi connectivity index (χ4v) is 8.31. The number of carbonyl (C=O) groups excluding carboxylic acids is 1. The second kappa shape index (κ2) is 6.11. The van der Waals surface area contributed by atoms with E-state index in [1.54, 1.807) is 23.1 Å². The average molecular weight is 391 g/mol. The standard InChI is InChI=1S/C21H26O3S2/c22-18-21(20(23)11-5-2-6-12-20)17(19(24-18)9-3-1-4-10-19)14-16(26-21)15-8-7-13-25-15/h7-8,13-14,17,23H,1-6,9-12H2/t17-,21-/m0/s1. The Balaban J connectivity index is 1.63. The van der Waals surface area contributed by atoms with E-state index >= 15 is 0 Å². The number of rotatable bonds is 2. The van der Waals surface area contributed by atoms with E-state index in [0.717, 1.165) is 44.9 Å². The van der Waals surface area contributed by atoms with Gasteiger partial charge in [0, 0.05) is 15.7 Å². The number of carbonyl (C=O) groups is 1. The van der Waals surface area contributed by atoms with Crippen LogP contribution >= 0.6 is 23.1 Å². The smallest absolute Gasteiger partial charge is 0.326 e. The van der Waals surface area contributed by atoms with Gasteiger partial charge in [0.25, 0.3) is 0 Å². The molecule has 3 nitrogen and oxygen atoms in total. The maximum Gasteiger partial charge on any atom is 0.326 e. The molecule has 3 heterocycles. The minimum Gasteiger partial charge on any atom is -0.457 e. The molecule has 0 amide bonds. The first-order valence-electron chi connectivity index (χ1n) is 10.0. The topological polar surface area (TPSA) is 46.5 Å². The lowest BCUT2D eigenvalue weighted by Gasteiger charge is -2.46. The van der Waals surface area contributed by atoms with Gasteiger partial charge in [-0.15, -0.1) is 23.1 Å². The first-order valence-corrected chi connectivity index (χ1v) is 11.7. The highest BCUT2D eigenvalue weighted by Gasteiger charge is 2.74. The molecule has 1 saturated heterocycles. The Morgan fingerprint density at radius 1 is 1.04 bits per heavy atom. The molecule has 1 aromatic heterocycles. The lowest BCUT2D eigenvalue weighted by atomic mass is 9.64. The lowest BCUT2D eigenvalue weighted by molar-refractivity contribution is -0.156. The van der Waals surface area contributed by atoms with Gasteiger partial charge in [0.15, 0.2) is 4.75 Å². The molecule has 0 unspecified atom stereocenters. The van der Waals surface area contributed by atoms with Gasteiger partial charge >= 0.3 is 5.97 Å². The summed E-state index contributed by atoms with van der Waals surface area (Å²) in [7, 11) is 0. The zero-order valence-corrected chi connectivity index (χ0v) is 16.7. The van der Waals surface area contributed by atoms with Crippen molar-refractivity contribution in [1.29, 1.82) is 0 Å². The van der Waals surface area contributed by atoms with E-state index in [1.807, 2.05) is 0 Å². The molecule has 5 heteroatoms. The van der Waals surface area contributed by atoms with E-state index in [4.69, 9.17) is 4.74 Å². The van der Waals surface area contributed by atoms with Crippen LogP contribution in [-0.4, -0.2) is 27.0 Å². The predicted molar refractivity (Wildman–Crippen MR) is 106 cm³/mol. The Morgan fingerprint density at radius 3 is 2.38 bits per heavy atom. The SMILES string of the molecule is O=C1OC2(CCCCC2)[C@@H]2C=C(c3cccs3)S[C@]12C1(O)CCCCC1. The van der Waals surface area contributed by atoms with E-state index in [2.05, 4.69) is 23.6 Å². The minimum atomic E-state index is -0.950. The number of thioether (sulfide) groups is 1. The molecule has 2 saturated carbocycles. The van der Waals surface area contributed by atoms with Gasteiger partial charge in [0.1, 0.15) is 5.60 Å². The third kappa shape index (κ3) is 2.26. The summed E-state index contributed by atoms with van der Waals surface area (Å²) >= 11 is 3.33. The molecule has 0 aromatic carbocycles. The predicted octanol–water partition coefficient (Wildman–Crippen LogP) is 5.15. The monoisotopic (exact) mass is 390 g/mol. The number of fused-ring (bicyclic) bond motifs is 2. The van der Waals surface area contributed by atoms with Crippen molar-refractivity contribution in [3.05, 3.63) is 28.5 Å². The van der Waals surface area contributed by atoms with Gasteiger partial charge in [-0.1, -0.05) is 37.8 Å². The van der Waals surface area contributed by atoms with Crippen LogP contribution in [0.3, 0.4) is 0 Å². The fraction of sp³-hybridized carbons (Fsp3) is 0.667. The van der Waals surface area contributed by atoms with Gasteiger partial charge in [0.05, 0.1) is 5.60 Å². The van der Waals surface area contributed by atoms with E-state index in [1.165, 1.54) is 16.2 Å². The largest absolute Gasteiger partial charge is 0.457 e. The quantitative estimate of drug-likeness (QED) is 0.710. The van der Waals surface area contributed by atoms with Crippen LogP contribution in [0, 0.1) is 5.92 Å². The van der Waals surface area contributed by atoms with Crippen molar-refractivity contribution >= 4 is 34.0 Å². The van der Waals surface area contributed by atoms with Crippen LogP contribution in [0.1, 0.15) is 69.1 Å². The highest BCUT2D eigenvalue weighted by atomic mass is 32.2. The van der Waals surface area contributed by atoms with E-state index in [9.17, 15) is 9.90 Å². The molecule has 0 bridgehead atoms. The van der Waals surface area contributed by atoms with Gasteiger partial charge in [-0.05, 0) is 50.0 Å². The Morgan fingerprint density at radius 2 is 1.73 bits per heavy atom. The van der Waals surface area contributed by atoms with E-state index in [-0.39, 0.29) is 11.9 Å². The summed E-state index contributed by atoms with van der Waals surface area (Å²) in [4.78, 5) is 15.8. The molecule has 4 aliphatic rings. The van der Waals surface area contributed by atoms with Crippen LogP contribution in [0.5, 0.6) is 0 Å². The first kappa shape index (κ1) is 17.3. The molecule has 0 radical (unpaired) electrons. The van der Waals surface area contributed by atoms with Crippen LogP contribution in [0.25, 0.3) is 4.91 Å². The van der Waals surface area contributed by atoms with Crippen LogP contribution in [-0.2, 0) is 9.53 Å². The van der Waals surface area contributed by atoms with Gasteiger partial charge in [-0.25, -0.2) is 0 Å². The summed E-state index contributed by atoms with van der Waals surface area (Å²) in [6.45, 7) is 0. The molecular weight excluding hydrogens is 364 g/mol. The number of hydrogen-bond acceptors (Lipinski definition) is 5. The van der Waals surface area contributed by atoms with E-state index < -0.39 is 15.9 Å².